The number of nitrogens with one attached hydrogen (secondary N) is 1. The average molecular weight is 370 g/mol. The van der Waals surface area contributed by atoms with Gasteiger partial charge < -0.3 is 5.32 Å². The Morgan fingerprint density at radius 1 is 1.64 bits per heavy atom. The maximum absolute atomic E-state index is 11.6. The van der Waals surface area contributed by atoms with Gasteiger partial charge in [-0.15, -0.1) is 0 Å². The van der Waals surface area contributed by atoms with Crippen molar-refractivity contribution in [2.75, 3.05) is 6.54 Å². The van der Waals surface area contributed by atoms with Crippen LogP contribution >= 0.6 is 38.5 Å². The summed E-state index contributed by atoms with van der Waals surface area (Å²) in [6.07, 6.45) is 0. The molecule has 0 radical (unpaired) electrons. The van der Waals surface area contributed by atoms with E-state index in [1.807, 2.05) is 13.8 Å². The van der Waals surface area contributed by atoms with Gasteiger partial charge in [0.2, 0.25) is 0 Å². The van der Waals surface area contributed by atoms with Crippen molar-refractivity contribution in [1.29, 1.82) is 0 Å². The molecule has 14 heavy (non-hydrogen) atoms. The second-order valence-corrected chi connectivity index (χ2v) is 5.69. The number of aromatic nitrogens is 2. The highest BCUT2D eigenvalue weighted by Gasteiger charge is 2.35. The van der Waals surface area contributed by atoms with E-state index in [2.05, 4.69) is 48.9 Å². The van der Waals surface area contributed by atoms with E-state index in [-0.39, 0.29) is 11.4 Å². The van der Waals surface area contributed by atoms with Crippen molar-refractivity contribution >= 4 is 44.4 Å². The minimum absolute atomic E-state index is 0.0491. The summed E-state index contributed by atoms with van der Waals surface area (Å²) in [5.41, 5.74) is 0.489. The smallest absolute Gasteiger partial charge is 0.270 e. The molecule has 0 spiro atoms. The van der Waals surface area contributed by atoms with E-state index in [1.165, 1.54) is 0 Å². The molecule has 1 amide bonds. The molecule has 1 aliphatic rings. The van der Waals surface area contributed by atoms with Crippen molar-refractivity contribution in [2.24, 2.45) is 0 Å². The average Bonchev–Trinajstić information content (AvgIpc) is 2.39. The third-order valence-corrected chi connectivity index (χ3v) is 4.58. The van der Waals surface area contributed by atoms with Gasteiger partial charge in [-0.2, -0.15) is 5.10 Å². The van der Waals surface area contributed by atoms with E-state index in [0.29, 0.717) is 12.2 Å². The van der Waals surface area contributed by atoms with Crippen LogP contribution in [-0.2, 0) is 5.54 Å². The lowest BCUT2D eigenvalue weighted by Crippen LogP contribution is -2.48. The molecule has 1 aliphatic heterocycles. The van der Waals surface area contributed by atoms with Crippen LogP contribution in [0.3, 0.4) is 0 Å². The molecule has 0 aliphatic carbocycles. The van der Waals surface area contributed by atoms with Gasteiger partial charge >= 0.3 is 0 Å². The van der Waals surface area contributed by atoms with E-state index in [0.717, 1.165) is 8.17 Å². The van der Waals surface area contributed by atoms with Gasteiger partial charge in [0.05, 0.1) is 9.11 Å². The summed E-state index contributed by atoms with van der Waals surface area (Å²) in [6, 6.07) is 0. The van der Waals surface area contributed by atoms with Crippen molar-refractivity contribution in [3.05, 3.63) is 13.9 Å². The number of amides is 1. The number of carbonyl (C=O) groups is 1. The van der Waals surface area contributed by atoms with E-state index < -0.39 is 0 Å². The fourth-order valence-corrected chi connectivity index (χ4v) is 2.39. The fourth-order valence-electron chi connectivity index (χ4n) is 1.46. The lowest BCUT2D eigenvalue weighted by atomic mass is 10.0. The minimum Gasteiger partial charge on any atom is -0.348 e. The van der Waals surface area contributed by atoms with Crippen LogP contribution in [0.5, 0.6) is 0 Å². The Balaban J connectivity index is 2.69. The second-order valence-electron chi connectivity index (χ2n) is 3.86. The van der Waals surface area contributed by atoms with Gasteiger partial charge in [-0.25, -0.2) is 0 Å². The summed E-state index contributed by atoms with van der Waals surface area (Å²) >= 11 is 5.46. The van der Waals surface area contributed by atoms with Crippen LogP contribution in [0.15, 0.2) is 4.60 Å². The van der Waals surface area contributed by atoms with Crippen molar-refractivity contribution < 1.29 is 4.79 Å². The van der Waals surface area contributed by atoms with Gasteiger partial charge in [-0.05, 0) is 52.4 Å². The van der Waals surface area contributed by atoms with Gasteiger partial charge in [0.15, 0.2) is 0 Å². The van der Waals surface area contributed by atoms with E-state index in [9.17, 15) is 4.79 Å². The van der Waals surface area contributed by atoms with Gasteiger partial charge in [0.1, 0.15) is 10.3 Å². The van der Waals surface area contributed by atoms with Crippen molar-refractivity contribution in [3.63, 3.8) is 0 Å². The summed E-state index contributed by atoms with van der Waals surface area (Å²) in [5.74, 6) is -0.0491. The molecule has 2 rings (SSSR count). The Kier molecular flexibility index (Phi) is 2.37. The maximum Gasteiger partial charge on any atom is 0.270 e. The van der Waals surface area contributed by atoms with Gasteiger partial charge in [-0.1, -0.05) is 0 Å². The van der Waals surface area contributed by atoms with Crippen LogP contribution in [0.1, 0.15) is 24.3 Å². The van der Waals surface area contributed by atoms with Gasteiger partial charge in [-0.3, -0.25) is 9.48 Å². The van der Waals surface area contributed by atoms with E-state index in [4.69, 9.17) is 0 Å². The Labute approximate surface area is 104 Å². The van der Waals surface area contributed by atoms with Crippen LogP contribution in [0, 0.1) is 3.57 Å². The molecule has 0 saturated carbocycles. The first kappa shape index (κ1) is 10.4. The van der Waals surface area contributed by atoms with Crippen LogP contribution in [0.25, 0.3) is 0 Å². The van der Waals surface area contributed by atoms with Crippen LogP contribution in [0.2, 0.25) is 0 Å². The summed E-state index contributed by atoms with van der Waals surface area (Å²) in [6.45, 7) is 4.71. The number of hydrogen-bond donors (Lipinski definition) is 1. The van der Waals surface area contributed by atoms with Crippen molar-refractivity contribution in [2.45, 2.75) is 19.4 Å². The third kappa shape index (κ3) is 1.39. The van der Waals surface area contributed by atoms with E-state index >= 15 is 0 Å². The number of hydrogen-bond acceptors (Lipinski definition) is 2. The zero-order valence-corrected chi connectivity index (χ0v) is 11.5. The number of halogens is 2. The quantitative estimate of drug-likeness (QED) is 0.708. The lowest BCUT2D eigenvalue weighted by molar-refractivity contribution is 0.0876. The molecule has 0 atom stereocenters. The monoisotopic (exact) mass is 369 g/mol. The largest absolute Gasteiger partial charge is 0.348 e. The zero-order chi connectivity index (χ0) is 10.5. The highest BCUT2D eigenvalue weighted by molar-refractivity contribution is 14.1. The summed E-state index contributed by atoms with van der Waals surface area (Å²) in [5, 5.41) is 7.18. The molecule has 0 fully saturated rings. The molecule has 76 valence electrons. The number of rotatable bonds is 0. The summed E-state index contributed by atoms with van der Waals surface area (Å²) in [4.78, 5) is 11.6. The zero-order valence-electron chi connectivity index (χ0n) is 7.77. The molecule has 0 bridgehead atoms. The van der Waals surface area contributed by atoms with Gasteiger partial charge in [0.25, 0.3) is 5.91 Å². The summed E-state index contributed by atoms with van der Waals surface area (Å²) in [7, 11) is 0. The molecular weight excluding hydrogens is 361 g/mol. The van der Waals surface area contributed by atoms with Crippen molar-refractivity contribution in [1.82, 2.24) is 15.1 Å². The fraction of sp³-hybridized carbons (Fsp3) is 0.500. The highest BCUT2D eigenvalue weighted by Crippen LogP contribution is 2.29. The molecule has 1 N–H and O–H groups in total. The van der Waals surface area contributed by atoms with Crippen LogP contribution < -0.4 is 5.32 Å². The lowest BCUT2D eigenvalue weighted by Gasteiger charge is -2.31. The first-order valence-corrected chi connectivity index (χ1v) is 6.03. The topological polar surface area (TPSA) is 46.9 Å². The Bertz CT molecular complexity index is 413. The standard InChI is InChI=1S/C8H9BrIN3O/c1-8(2)3-11-7(14)5-4(10)6(9)12-13(5)8/h3H2,1-2H3,(H,11,14). The second kappa shape index (κ2) is 3.19. The third-order valence-electron chi connectivity index (χ3n) is 2.26. The number of nitrogens with zero attached hydrogens (tertiary/aromatic N) is 2. The maximum atomic E-state index is 11.6. The molecule has 1 aromatic rings. The first-order valence-electron chi connectivity index (χ1n) is 4.16. The normalized spacial score (nSPS) is 19.0. The minimum atomic E-state index is -0.158. The molecule has 6 heteroatoms. The molecule has 0 saturated heterocycles. The first-order chi connectivity index (χ1) is 6.43. The predicted molar refractivity (Wildman–Crippen MR) is 64.3 cm³/mol. The number of carbonyl (C=O) groups excluding carboxylic acids is 1. The molecule has 2 heterocycles. The molecular formula is C8H9BrIN3O. The Morgan fingerprint density at radius 3 is 2.86 bits per heavy atom. The van der Waals surface area contributed by atoms with Gasteiger partial charge in [0, 0.05) is 6.54 Å². The molecule has 0 unspecified atom stereocenters. The summed E-state index contributed by atoms with van der Waals surface area (Å²) < 4.78 is 3.39. The Morgan fingerprint density at radius 2 is 2.29 bits per heavy atom. The number of fused-ring (bicyclic) bond motifs is 1. The van der Waals surface area contributed by atoms with Crippen LogP contribution in [0.4, 0.5) is 0 Å². The molecule has 0 aromatic carbocycles. The predicted octanol–water partition coefficient (Wildman–Crippen LogP) is 1.73. The molecule has 4 nitrogen and oxygen atoms in total. The molecule has 1 aromatic heterocycles. The van der Waals surface area contributed by atoms with E-state index in [1.54, 1.807) is 4.68 Å². The SMILES string of the molecule is CC1(C)CNC(=O)c2c(I)c(Br)nn21. The Hall–Kier alpha value is -0.110. The van der Waals surface area contributed by atoms with Crippen LogP contribution in [-0.4, -0.2) is 22.2 Å². The van der Waals surface area contributed by atoms with Crippen molar-refractivity contribution in [3.8, 4) is 0 Å². The highest BCUT2D eigenvalue weighted by atomic mass is 127.